The summed E-state index contributed by atoms with van der Waals surface area (Å²) in [6, 6.07) is 6.09. The average Bonchev–Trinajstić information content (AvgIpc) is 3.35. The minimum absolute atomic E-state index is 0.161. The Morgan fingerprint density at radius 2 is 2.24 bits per heavy atom. The lowest BCUT2D eigenvalue weighted by Crippen LogP contribution is -2.39. The van der Waals surface area contributed by atoms with Crippen LogP contribution in [0.2, 0.25) is 0 Å². The largest absolute Gasteiger partial charge is 0.343 e. The molecule has 0 spiro atoms. The van der Waals surface area contributed by atoms with Gasteiger partial charge in [0.05, 0.1) is 21.6 Å². The van der Waals surface area contributed by atoms with Crippen molar-refractivity contribution in [1.29, 1.82) is 0 Å². The average molecular weight is 356 g/mol. The first-order valence-electron chi connectivity index (χ1n) is 8.44. The Kier molecular flexibility index (Phi) is 4.35. The number of nitrogens with one attached hydrogen (secondary N) is 1. The van der Waals surface area contributed by atoms with Crippen LogP contribution in [-0.4, -0.2) is 49.1 Å². The number of thiophene rings is 1. The fraction of sp³-hybridized carbons (Fsp3) is 0.412. The molecule has 1 saturated heterocycles. The van der Waals surface area contributed by atoms with E-state index in [0.29, 0.717) is 5.92 Å². The monoisotopic (exact) mass is 356 g/mol. The van der Waals surface area contributed by atoms with Gasteiger partial charge in [0.15, 0.2) is 0 Å². The lowest BCUT2D eigenvalue weighted by atomic mass is 9.98. The van der Waals surface area contributed by atoms with E-state index in [0.717, 1.165) is 53.6 Å². The maximum Gasteiger partial charge on any atom is 0.219 e. The Hall–Kier alpha value is -2.48. The predicted molar refractivity (Wildman–Crippen MR) is 95.9 cm³/mol. The molecule has 1 aliphatic rings. The molecule has 3 aromatic rings. The van der Waals surface area contributed by atoms with Gasteiger partial charge < -0.3 is 4.90 Å². The number of aromatic amines is 1. The van der Waals surface area contributed by atoms with Crippen LogP contribution in [0.5, 0.6) is 0 Å². The molecule has 7 nitrogen and oxygen atoms in total. The summed E-state index contributed by atoms with van der Waals surface area (Å²) in [6.45, 7) is 4.13. The highest BCUT2D eigenvalue weighted by Crippen LogP contribution is 2.32. The molecule has 3 aromatic heterocycles. The maximum absolute atomic E-state index is 11.6. The molecule has 4 rings (SSSR count). The summed E-state index contributed by atoms with van der Waals surface area (Å²) in [5.41, 5.74) is 1.89. The Balaban J connectivity index is 1.45. The minimum atomic E-state index is 0.161. The van der Waals surface area contributed by atoms with E-state index in [-0.39, 0.29) is 5.91 Å². The van der Waals surface area contributed by atoms with E-state index in [1.807, 2.05) is 21.8 Å². The van der Waals surface area contributed by atoms with E-state index in [1.165, 1.54) is 0 Å². The number of aromatic nitrogens is 5. The van der Waals surface area contributed by atoms with Crippen molar-refractivity contribution in [2.24, 2.45) is 5.92 Å². The Morgan fingerprint density at radius 3 is 3.04 bits per heavy atom. The van der Waals surface area contributed by atoms with Crippen molar-refractivity contribution in [2.45, 2.75) is 26.3 Å². The summed E-state index contributed by atoms with van der Waals surface area (Å²) >= 11 is 1.67. The normalized spacial score (nSPS) is 17.8. The van der Waals surface area contributed by atoms with Gasteiger partial charge in [-0.1, -0.05) is 5.21 Å². The molecule has 1 fully saturated rings. The second-order valence-electron chi connectivity index (χ2n) is 6.43. The zero-order valence-electron chi connectivity index (χ0n) is 14.1. The predicted octanol–water partition coefficient (Wildman–Crippen LogP) is 2.66. The number of piperidine rings is 1. The van der Waals surface area contributed by atoms with Gasteiger partial charge in [0.2, 0.25) is 5.91 Å². The standard InChI is InChI=1S/C17H20N6OS/c1-12(24)22-8-2-3-13(9-22)10-23-11-15(20-21-23)17-5-4-16(25-17)14-6-7-18-19-14/h4-7,11,13H,2-3,8-10H2,1H3,(H,18,19)/t13-/m0/s1. The van der Waals surface area contributed by atoms with Crippen molar-refractivity contribution >= 4 is 17.2 Å². The van der Waals surface area contributed by atoms with E-state index < -0.39 is 0 Å². The highest BCUT2D eigenvalue weighted by Gasteiger charge is 2.22. The second kappa shape index (κ2) is 6.79. The number of carbonyl (C=O) groups is 1. The lowest BCUT2D eigenvalue weighted by molar-refractivity contribution is -0.130. The number of H-pyrrole nitrogens is 1. The van der Waals surface area contributed by atoms with Crippen LogP contribution in [0.15, 0.2) is 30.6 Å². The number of hydrogen-bond acceptors (Lipinski definition) is 5. The molecule has 1 amide bonds. The molecular formula is C17H20N6OS. The lowest BCUT2D eigenvalue weighted by Gasteiger charge is -2.31. The molecular weight excluding hydrogens is 336 g/mol. The Bertz CT molecular complexity index is 852. The van der Waals surface area contributed by atoms with E-state index in [4.69, 9.17) is 0 Å². The molecule has 0 unspecified atom stereocenters. The number of carbonyl (C=O) groups excluding carboxylic acids is 1. The number of nitrogens with zero attached hydrogens (tertiary/aromatic N) is 5. The van der Waals surface area contributed by atoms with Crippen LogP contribution in [0.3, 0.4) is 0 Å². The van der Waals surface area contributed by atoms with Gasteiger partial charge >= 0.3 is 0 Å². The van der Waals surface area contributed by atoms with Crippen LogP contribution in [-0.2, 0) is 11.3 Å². The molecule has 1 atom stereocenters. The molecule has 4 heterocycles. The van der Waals surface area contributed by atoms with Crippen LogP contribution in [0.4, 0.5) is 0 Å². The van der Waals surface area contributed by atoms with Gasteiger partial charge in [-0.3, -0.25) is 14.6 Å². The molecule has 1 aliphatic heterocycles. The van der Waals surface area contributed by atoms with Gasteiger partial charge in [-0.15, -0.1) is 16.4 Å². The van der Waals surface area contributed by atoms with E-state index in [9.17, 15) is 4.79 Å². The van der Waals surface area contributed by atoms with Crippen molar-refractivity contribution in [1.82, 2.24) is 30.1 Å². The molecule has 0 radical (unpaired) electrons. The van der Waals surface area contributed by atoms with E-state index in [1.54, 1.807) is 24.5 Å². The van der Waals surface area contributed by atoms with Crippen molar-refractivity contribution < 1.29 is 4.79 Å². The van der Waals surface area contributed by atoms with Crippen molar-refractivity contribution in [3.8, 4) is 21.1 Å². The highest BCUT2D eigenvalue weighted by atomic mass is 32.1. The topological polar surface area (TPSA) is 79.7 Å². The summed E-state index contributed by atoms with van der Waals surface area (Å²) in [6.07, 6.45) is 5.93. The third kappa shape index (κ3) is 3.48. The fourth-order valence-electron chi connectivity index (χ4n) is 3.28. The zero-order valence-corrected chi connectivity index (χ0v) is 14.9. The SMILES string of the molecule is CC(=O)N1CCC[C@H](Cn2cc(-c3ccc(-c4ccn[nH]4)s3)nn2)C1. The second-order valence-corrected chi connectivity index (χ2v) is 7.52. The quantitative estimate of drug-likeness (QED) is 0.779. The smallest absolute Gasteiger partial charge is 0.219 e. The van der Waals surface area contributed by atoms with Crippen LogP contribution in [0.1, 0.15) is 19.8 Å². The minimum Gasteiger partial charge on any atom is -0.343 e. The molecule has 1 N–H and O–H groups in total. The van der Waals surface area contributed by atoms with Crippen LogP contribution >= 0.6 is 11.3 Å². The number of hydrogen-bond donors (Lipinski definition) is 1. The number of rotatable bonds is 4. The van der Waals surface area contributed by atoms with Gasteiger partial charge in [-0.25, -0.2) is 0 Å². The van der Waals surface area contributed by atoms with Gasteiger partial charge in [0.25, 0.3) is 0 Å². The van der Waals surface area contributed by atoms with Crippen molar-refractivity contribution in [3.05, 3.63) is 30.6 Å². The Morgan fingerprint density at radius 1 is 1.36 bits per heavy atom. The summed E-state index contributed by atoms with van der Waals surface area (Å²) in [7, 11) is 0. The third-order valence-corrected chi connectivity index (χ3v) is 5.71. The summed E-state index contributed by atoms with van der Waals surface area (Å²) in [4.78, 5) is 15.7. The molecule has 0 saturated carbocycles. The first-order valence-corrected chi connectivity index (χ1v) is 9.26. The zero-order chi connectivity index (χ0) is 17.2. The summed E-state index contributed by atoms with van der Waals surface area (Å²) in [5.74, 6) is 0.602. The highest BCUT2D eigenvalue weighted by molar-refractivity contribution is 7.18. The van der Waals surface area contributed by atoms with Crippen LogP contribution in [0, 0.1) is 5.92 Å². The summed E-state index contributed by atoms with van der Waals surface area (Å²) in [5, 5.41) is 15.6. The molecule has 25 heavy (non-hydrogen) atoms. The molecule has 130 valence electrons. The van der Waals surface area contributed by atoms with Crippen LogP contribution < -0.4 is 0 Å². The third-order valence-electron chi connectivity index (χ3n) is 4.57. The van der Waals surface area contributed by atoms with E-state index >= 15 is 0 Å². The Labute approximate surface area is 149 Å². The number of likely N-dealkylation sites (tertiary alicyclic amines) is 1. The number of amides is 1. The van der Waals surface area contributed by atoms with Gasteiger partial charge in [-0.2, -0.15) is 5.10 Å². The molecule has 0 aliphatic carbocycles. The first kappa shape index (κ1) is 16.0. The van der Waals surface area contributed by atoms with E-state index in [2.05, 4.69) is 32.6 Å². The van der Waals surface area contributed by atoms with Crippen molar-refractivity contribution in [2.75, 3.05) is 13.1 Å². The molecule has 8 heteroatoms. The molecule has 0 bridgehead atoms. The molecule has 0 aromatic carbocycles. The summed E-state index contributed by atoms with van der Waals surface area (Å²) < 4.78 is 1.90. The van der Waals surface area contributed by atoms with Crippen LogP contribution in [0.25, 0.3) is 21.1 Å². The van der Waals surface area contributed by atoms with Gasteiger partial charge in [0.1, 0.15) is 5.69 Å². The van der Waals surface area contributed by atoms with Gasteiger partial charge in [0, 0.05) is 32.8 Å². The van der Waals surface area contributed by atoms with Gasteiger partial charge in [-0.05, 0) is 37.0 Å². The maximum atomic E-state index is 11.6. The van der Waals surface area contributed by atoms with Crippen molar-refractivity contribution in [3.63, 3.8) is 0 Å². The fourth-order valence-corrected chi connectivity index (χ4v) is 4.21. The first-order chi connectivity index (χ1) is 12.2.